The van der Waals surface area contributed by atoms with Gasteiger partial charge in [-0.15, -0.1) is 0 Å². The molecule has 6 heteroatoms. The summed E-state index contributed by atoms with van der Waals surface area (Å²) in [4.78, 5) is 10.6. The number of hydrogen-bond donors (Lipinski definition) is 2. The molecule has 82 valence electrons. The fourth-order valence-corrected chi connectivity index (χ4v) is 1.44. The third-order valence-electron chi connectivity index (χ3n) is 1.89. The highest BCUT2D eigenvalue weighted by molar-refractivity contribution is 7.79. The van der Waals surface area contributed by atoms with Crippen LogP contribution >= 0.6 is 0 Å². The summed E-state index contributed by atoms with van der Waals surface area (Å²) in [5.74, 6) is -1.08. The molecule has 0 heterocycles. The second-order valence-corrected chi connectivity index (χ2v) is 3.97. The van der Waals surface area contributed by atoms with Crippen molar-refractivity contribution in [2.45, 2.75) is 17.4 Å². The fraction of sp³-hybridized carbons (Fsp3) is 0.222. The van der Waals surface area contributed by atoms with Gasteiger partial charge >= 0.3 is 5.97 Å². The van der Waals surface area contributed by atoms with Crippen molar-refractivity contribution in [3.8, 4) is 0 Å². The van der Waals surface area contributed by atoms with Gasteiger partial charge < -0.3 is 15.4 Å². The maximum Gasteiger partial charge on any atom is 0.320 e. The van der Waals surface area contributed by atoms with Gasteiger partial charge in [0, 0.05) is 4.90 Å². The van der Waals surface area contributed by atoms with Crippen molar-refractivity contribution in [2.75, 3.05) is 0 Å². The number of aliphatic carboxylic acids is 1. The number of nitrogens with two attached hydrogens (primary N) is 1. The van der Waals surface area contributed by atoms with Crippen LogP contribution < -0.4 is 5.73 Å². The normalized spacial score (nSPS) is 14.5. The van der Waals surface area contributed by atoms with Crippen LogP contribution in [0.1, 0.15) is 5.56 Å². The smallest absolute Gasteiger partial charge is 0.320 e. The Morgan fingerprint density at radius 2 is 2.00 bits per heavy atom. The molecule has 1 aromatic rings. The lowest BCUT2D eigenvalue weighted by Gasteiger charge is -2.08. The average Bonchev–Trinajstić information content (AvgIpc) is 2.18. The highest BCUT2D eigenvalue weighted by Crippen LogP contribution is 2.08. The van der Waals surface area contributed by atoms with Gasteiger partial charge in [0.15, 0.2) is 0 Å². The summed E-state index contributed by atoms with van der Waals surface area (Å²) < 4.78 is 21.0. The van der Waals surface area contributed by atoms with E-state index in [2.05, 4.69) is 0 Å². The van der Waals surface area contributed by atoms with Crippen LogP contribution in [0.4, 0.5) is 0 Å². The Balaban J connectivity index is 2.72. The zero-order valence-corrected chi connectivity index (χ0v) is 8.57. The molecule has 2 atom stereocenters. The minimum atomic E-state index is -2.26. The van der Waals surface area contributed by atoms with Crippen molar-refractivity contribution >= 4 is 17.0 Å². The fourth-order valence-electron chi connectivity index (χ4n) is 1.08. The summed E-state index contributed by atoms with van der Waals surface area (Å²) in [6.45, 7) is 0. The number of rotatable bonds is 4. The molecule has 0 aliphatic carbocycles. The lowest BCUT2D eigenvalue weighted by Crippen LogP contribution is -2.32. The molecular weight excluding hydrogens is 218 g/mol. The topological polar surface area (TPSA) is 103 Å². The van der Waals surface area contributed by atoms with E-state index >= 15 is 0 Å². The van der Waals surface area contributed by atoms with E-state index in [-0.39, 0.29) is 11.3 Å². The predicted octanol–water partition coefficient (Wildman–Crippen LogP) is -0.121. The maximum absolute atomic E-state index is 10.5. The molecule has 3 N–H and O–H groups in total. The van der Waals surface area contributed by atoms with Gasteiger partial charge in [-0.1, -0.05) is 12.1 Å². The molecule has 0 aliphatic heterocycles. The molecule has 1 unspecified atom stereocenters. The summed E-state index contributed by atoms with van der Waals surface area (Å²) in [5, 5.41) is 8.56. The molecule has 0 aromatic heterocycles. The van der Waals surface area contributed by atoms with Gasteiger partial charge in [-0.05, 0) is 35.2 Å². The van der Waals surface area contributed by atoms with Crippen molar-refractivity contribution in [3.63, 3.8) is 0 Å². The van der Waals surface area contributed by atoms with E-state index in [1.165, 1.54) is 12.1 Å². The van der Waals surface area contributed by atoms with Crippen LogP contribution in [0.2, 0.25) is 0 Å². The third kappa shape index (κ3) is 3.43. The molecule has 0 saturated carbocycles. The molecule has 1 aromatic carbocycles. The van der Waals surface area contributed by atoms with Gasteiger partial charge in [0.1, 0.15) is 6.04 Å². The number of carboxylic acid groups (broad SMARTS) is 1. The average molecular weight is 228 g/mol. The third-order valence-corrected chi connectivity index (χ3v) is 2.55. The maximum atomic E-state index is 10.5. The van der Waals surface area contributed by atoms with E-state index in [0.717, 1.165) is 0 Å². The Morgan fingerprint density at radius 1 is 1.47 bits per heavy atom. The highest BCUT2D eigenvalue weighted by Gasteiger charge is 2.11. The first kappa shape index (κ1) is 11.8. The molecule has 0 amide bonds. The summed E-state index contributed by atoms with van der Waals surface area (Å²) in [7, 11) is 0. The van der Waals surface area contributed by atoms with E-state index in [1.807, 2.05) is 0 Å². The Kier molecular flexibility index (Phi) is 3.96. The first-order chi connectivity index (χ1) is 7.00. The van der Waals surface area contributed by atoms with E-state index < -0.39 is 23.1 Å². The van der Waals surface area contributed by atoms with Gasteiger partial charge in [0.25, 0.3) is 0 Å². The second kappa shape index (κ2) is 5.01. The standard InChI is InChI=1S/C9H11NO4S/c10-8(9(11)12)5-6-1-3-7(4-2-6)15(13)14/h1-4,8H,5,10H2,(H,11,12)(H,13,14)/p-1/t8-/m0/s1. The van der Waals surface area contributed by atoms with Crippen LogP contribution in [-0.2, 0) is 22.3 Å². The van der Waals surface area contributed by atoms with Crippen LogP contribution in [-0.4, -0.2) is 25.9 Å². The van der Waals surface area contributed by atoms with Gasteiger partial charge in [-0.2, -0.15) is 0 Å². The Bertz CT molecular complexity index is 376. The van der Waals surface area contributed by atoms with Gasteiger partial charge in [0.2, 0.25) is 0 Å². The van der Waals surface area contributed by atoms with Crippen LogP contribution in [0.5, 0.6) is 0 Å². The molecule has 5 nitrogen and oxygen atoms in total. The first-order valence-corrected chi connectivity index (χ1v) is 5.25. The van der Waals surface area contributed by atoms with Crippen LogP contribution in [0, 0.1) is 0 Å². The van der Waals surface area contributed by atoms with Gasteiger partial charge in [-0.25, -0.2) is 0 Å². The summed E-state index contributed by atoms with van der Waals surface area (Å²) in [5.41, 5.74) is 6.02. The van der Waals surface area contributed by atoms with Crippen molar-refractivity contribution in [1.29, 1.82) is 0 Å². The van der Waals surface area contributed by atoms with E-state index in [9.17, 15) is 13.6 Å². The molecule has 0 bridgehead atoms. The molecule has 0 spiro atoms. The van der Waals surface area contributed by atoms with E-state index in [0.29, 0.717) is 5.56 Å². The second-order valence-electron chi connectivity index (χ2n) is 3.03. The SMILES string of the molecule is N[C@@H](Cc1ccc(S(=O)[O-])cc1)C(=O)O. The summed E-state index contributed by atoms with van der Waals surface area (Å²) in [6, 6.07) is 4.95. The van der Waals surface area contributed by atoms with Gasteiger partial charge in [-0.3, -0.25) is 9.00 Å². The lowest BCUT2D eigenvalue weighted by molar-refractivity contribution is -0.138. The Labute approximate surface area is 89.2 Å². The summed E-state index contributed by atoms with van der Waals surface area (Å²) >= 11 is -2.26. The molecule has 15 heavy (non-hydrogen) atoms. The van der Waals surface area contributed by atoms with Crippen molar-refractivity contribution in [2.24, 2.45) is 5.73 Å². The zero-order valence-electron chi connectivity index (χ0n) is 7.75. The van der Waals surface area contributed by atoms with Crippen molar-refractivity contribution < 1.29 is 18.7 Å². The predicted molar refractivity (Wildman–Crippen MR) is 52.9 cm³/mol. The quantitative estimate of drug-likeness (QED) is 0.699. The number of carboxylic acids is 1. The molecule has 0 aliphatic rings. The first-order valence-electron chi connectivity index (χ1n) is 4.17. The van der Waals surface area contributed by atoms with Crippen LogP contribution in [0.3, 0.4) is 0 Å². The Hall–Kier alpha value is -1.24. The molecule has 1 rings (SSSR count). The number of hydrogen-bond acceptors (Lipinski definition) is 4. The van der Waals surface area contributed by atoms with Crippen molar-refractivity contribution in [1.82, 2.24) is 0 Å². The Morgan fingerprint density at radius 3 is 2.40 bits per heavy atom. The van der Waals surface area contributed by atoms with E-state index in [4.69, 9.17) is 10.8 Å². The molecule has 0 radical (unpaired) electrons. The van der Waals surface area contributed by atoms with Crippen LogP contribution in [0.25, 0.3) is 0 Å². The minimum Gasteiger partial charge on any atom is -0.768 e. The largest absolute Gasteiger partial charge is 0.768 e. The molecule has 0 fully saturated rings. The number of benzene rings is 1. The monoisotopic (exact) mass is 228 g/mol. The summed E-state index contributed by atoms with van der Waals surface area (Å²) in [6.07, 6.45) is 0.182. The lowest BCUT2D eigenvalue weighted by atomic mass is 10.1. The molecule has 0 saturated heterocycles. The molecular formula is C9H10NO4S-. The minimum absolute atomic E-state index is 0.169. The number of carbonyl (C=O) groups is 1. The van der Waals surface area contributed by atoms with E-state index in [1.54, 1.807) is 12.1 Å². The highest BCUT2D eigenvalue weighted by atomic mass is 32.2. The van der Waals surface area contributed by atoms with Gasteiger partial charge in [0.05, 0.1) is 0 Å². The zero-order chi connectivity index (χ0) is 11.4. The van der Waals surface area contributed by atoms with Crippen LogP contribution in [0.15, 0.2) is 29.2 Å². The van der Waals surface area contributed by atoms with Crippen molar-refractivity contribution in [3.05, 3.63) is 29.8 Å².